The summed E-state index contributed by atoms with van der Waals surface area (Å²) in [5, 5.41) is 11.7. The molecule has 1 aromatic carbocycles. The summed E-state index contributed by atoms with van der Waals surface area (Å²) in [6.45, 7) is 1.99. The quantitative estimate of drug-likeness (QED) is 0.801. The minimum absolute atomic E-state index is 0.350. The topological polar surface area (TPSA) is 69.6 Å². The SMILES string of the molecule is CCCC[C@H](NC(=O)c1cccc(N(C)C)c1)C(=O)O. The molecule has 0 radical (unpaired) electrons. The van der Waals surface area contributed by atoms with Crippen LogP contribution in [0, 0.1) is 0 Å². The first kappa shape index (κ1) is 16.0. The van der Waals surface area contributed by atoms with Crippen molar-refractivity contribution < 1.29 is 14.7 Å². The number of carbonyl (C=O) groups is 2. The van der Waals surface area contributed by atoms with Gasteiger partial charge < -0.3 is 15.3 Å². The van der Waals surface area contributed by atoms with Gasteiger partial charge in [-0.1, -0.05) is 25.8 Å². The van der Waals surface area contributed by atoms with Crippen molar-refractivity contribution in [2.45, 2.75) is 32.2 Å². The molecule has 1 amide bonds. The van der Waals surface area contributed by atoms with Crippen LogP contribution in [0.2, 0.25) is 0 Å². The summed E-state index contributed by atoms with van der Waals surface area (Å²) in [5.74, 6) is -1.34. The fourth-order valence-electron chi connectivity index (χ4n) is 1.83. The van der Waals surface area contributed by atoms with Gasteiger partial charge in [-0.2, -0.15) is 0 Å². The van der Waals surface area contributed by atoms with Crippen molar-refractivity contribution in [3.05, 3.63) is 29.8 Å². The maximum absolute atomic E-state index is 12.1. The number of nitrogens with zero attached hydrogens (tertiary/aromatic N) is 1. The molecule has 0 saturated carbocycles. The summed E-state index contributed by atoms with van der Waals surface area (Å²) in [5.41, 5.74) is 1.37. The number of amides is 1. The molecule has 0 heterocycles. The lowest BCUT2D eigenvalue weighted by molar-refractivity contribution is -0.139. The molecule has 0 aliphatic heterocycles. The molecule has 0 aromatic heterocycles. The van der Waals surface area contributed by atoms with Crippen LogP contribution in [0.15, 0.2) is 24.3 Å². The van der Waals surface area contributed by atoms with Crippen molar-refractivity contribution in [2.24, 2.45) is 0 Å². The van der Waals surface area contributed by atoms with E-state index < -0.39 is 12.0 Å². The fraction of sp³-hybridized carbons (Fsp3) is 0.467. The normalized spacial score (nSPS) is 11.8. The van der Waals surface area contributed by atoms with E-state index in [1.165, 1.54) is 0 Å². The highest BCUT2D eigenvalue weighted by Gasteiger charge is 2.20. The highest BCUT2D eigenvalue weighted by atomic mass is 16.4. The number of hydrogen-bond donors (Lipinski definition) is 2. The number of rotatable bonds is 7. The van der Waals surface area contributed by atoms with Crippen LogP contribution < -0.4 is 10.2 Å². The Balaban J connectivity index is 2.78. The van der Waals surface area contributed by atoms with Gasteiger partial charge in [0.25, 0.3) is 5.91 Å². The zero-order valence-corrected chi connectivity index (χ0v) is 12.2. The number of hydrogen-bond acceptors (Lipinski definition) is 3. The Morgan fingerprint density at radius 2 is 2.05 bits per heavy atom. The Morgan fingerprint density at radius 3 is 2.60 bits per heavy atom. The molecule has 5 nitrogen and oxygen atoms in total. The van der Waals surface area contributed by atoms with E-state index in [0.29, 0.717) is 12.0 Å². The number of benzene rings is 1. The Morgan fingerprint density at radius 1 is 1.35 bits per heavy atom. The van der Waals surface area contributed by atoms with Gasteiger partial charge in [-0.25, -0.2) is 4.79 Å². The summed E-state index contributed by atoms with van der Waals surface area (Å²) in [4.78, 5) is 25.1. The lowest BCUT2D eigenvalue weighted by atomic mass is 10.1. The Labute approximate surface area is 119 Å². The number of carboxylic acid groups (broad SMARTS) is 1. The second-order valence-electron chi connectivity index (χ2n) is 4.95. The fourth-order valence-corrected chi connectivity index (χ4v) is 1.83. The van der Waals surface area contributed by atoms with Gasteiger partial charge in [0.2, 0.25) is 0 Å². The second kappa shape index (κ2) is 7.53. The standard InChI is InChI=1S/C15H22N2O3/c1-4-5-9-13(15(19)20)16-14(18)11-7-6-8-12(10-11)17(2)3/h6-8,10,13H,4-5,9H2,1-3H3,(H,16,18)(H,19,20)/t13-/m0/s1. The Bertz CT molecular complexity index is 472. The van der Waals surface area contributed by atoms with Crippen LogP contribution in [0.4, 0.5) is 5.69 Å². The van der Waals surface area contributed by atoms with Crippen LogP contribution >= 0.6 is 0 Å². The van der Waals surface area contributed by atoms with Crippen LogP contribution in [-0.2, 0) is 4.79 Å². The molecule has 0 spiro atoms. The first-order chi connectivity index (χ1) is 9.45. The first-order valence-electron chi connectivity index (χ1n) is 6.76. The van der Waals surface area contributed by atoms with E-state index in [1.54, 1.807) is 18.2 Å². The number of aliphatic carboxylic acids is 1. The predicted molar refractivity (Wildman–Crippen MR) is 79.2 cm³/mol. The van der Waals surface area contributed by atoms with Crippen LogP contribution in [0.1, 0.15) is 36.5 Å². The van der Waals surface area contributed by atoms with E-state index in [4.69, 9.17) is 5.11 Å². The van der Waals surface area contributed by atoms with Gasteiger partial charge in [0.15, 0.2) is 0 Å². The van der Waals surface area contributed by atoms with E-state index in [9.17, 15) is 9.59 Å². The minimum Gasteiger partial charge on any atom is -0.480 e. The molecule has 0 saturated heterocycles. The zero-order chi connectivity index (χ0) is 15.1. The van der Waals surface area contributed by atoms with E-state index in [1.807, 2.05) is 32.0 Å². The highest BCUT2D eigenvalue weighted by Crippen LogP contribution is 2.13. The van der Waals surface area contributed by atoms with Crippen molar-refractivity contribution in [2.75, 3.05) is 19.0 Å². The van der Waals surface area contributed by atoms with E-state index in [0.717, 1.165) is 18.5 Å². The minimum atomic E-state index is -0.990. The molecule has 0 aliphatic rings. The third kappa shape index (κ3) is 4.57. The molecular weight excluding hydrogens is 256 g/mol. The Hall–Kier alpha value is -2.04. The number of carboxylic acids is 1. The summed E-state index contributed by atoms with van der Waals surface area (Å²) in [6.07, 6.45) is 2.12. The maximum atomic E-state index is 12.1. The summed E-state index contributed by atoms with van der Waals surface area (Å²) < 4.78 is 0. The number of anilines is 1. The van der Waals surface area contributed by atoms with Gasteiger partial charge in [-0.15, -0.1) is 0 Å². The van der Waals surface area contributed by atoms with Crippen molar-refractivity contribution in [1.29, 1.82) is 0 Å². The van der Waals surface area contributed by atoms with Crippen molar-refractivity contribution in [3.8, 4) is 0 Å². The third-order valence-electron chi connectivity index (χ3n) is 3.07. The average Bonchev–Trinajstić information content (AvgIpc) is 2.42. The lowest BCUT2D eigenvalue weighted by Crippen LogP contribution is -2.40. The first-order valence-corrected chi connectivity index (χ1v) is 6.76. The van der Waals surface area contributed by atoms with Gasteiger partial charge in [-0.3, -0.25) is 4.79 Å². The highest BCUT2D eigenvalue weighted by molar-refractivity contribution is 5.97. The predicted octanol–water partition coefficient (Wildman–Crippen LogP) is 2.13. The molecular formula is C15H22N2O3. The molecule has 0 aliphatic carbocycles. The summed E-state index contributed by atoms with van der Waals surface area (Å²) in [7, 11) is 3.77. The average molecular weight is 278 g/mol. The van der Waals surface area contributed by atoms with Crippen LogP contribution in [0.3, 0.4) is 0 Å². The molecule has 1 rings (SSSR count). The third-order valence-corrected chi connectivity index (χ3v) is 3.07. The molecule has 110 valence electrons. The number of unbranched alkanes of at least 4 members (excludes halogenated alkanes) is 1. The second-order valence-corrected chi connectivity index (χ2v) is 4.95. The smallest absolute Gasteiger partial charge is 0.326 e. The van der Waals surface area contributed by atoms with Gasteiger partial charge in [0.05, 0.1) is 0 Å². The monoisotopic (exact) mass is 278 g/mol. The zero-order valence-electron chi connectivity index (χ0n) is 12.2. The molecule has 0 bridgehead atoms. The lowest BCUT2D eigenvalue weighted by Gasteiger charge is -2.16. The molecule has 20 heavy (non-hydrogen) atoms. The van der Waals surface area contributed by atoms with Gasteiger partial charge in [-0.05, 0) is 24.6 Å². The van der Waals surface area contributed by atoms with Crippen molar-refractivity contribution in [3.63, 3.8) is 0 Å². The molecule has 1 aromatic rings. The van der Waals surface area contributed by atoms with Crippen molar-refractivity contribution >= 4 is 17.6 Å². The molecule has 2 N–H and O–H groups in total. The maximum Gasteiger partial charge on any atom is 0.326 e. The number of nitrogens with one attached hydrogen (secondary N) is 1. The van der Waals surface area contributed by atoms with Gasteiger partial charge >= 0.3 is 5.97 Å². The molecule has 0 unspecified atom stereocenters. The van der Waals surface area contributed by atoms with E-state index in [-0.39, 0.29) is 5.91 Å². The summed E-state index contributed by atoms with van der Waals surface area (Å²) in [6, 6.07) is 6.27. The molecule has 1 atom stereocenters. The van der Waals surface area contributed by atoms with Crippen molar-refractivity contribution in [1.82, 2.24) is 5.32 Å². The van der Waals surface area contributed by atoms with Crippen LogP contribution in [0.5, 0.6) is 0 Å². The van der Waals surface area contributed by atoms with E-state index >= 15 is 0 Å². The van der Waals surface area contributed by atoms with Crippen LogP contribution in [0.25, 0.3) is 0 Å². The van der Waals surface area contributed by atoms with Gasteiger partial charge in [0.1, 0.15) is 6.04 Å². The van der Waals surface area contributed by atoms with E-state index in [2.05, 4.69) is 5.32 Å². The van der Waals surface area contributed by atoms with Gasteiger partial charge in [0, 0.05) is 25.3 Å². The molecule has 5 heteroatoms. The Kier molecular flexibility index (Phi) is 6.03. The largest absolute Gasteiger partial charge is 0.480 e. The van der Waals surface area contributed by atoms with Crippen LogP contribution in [-0.4, -0.2) is 37.1 Å². The number of carbonyl (C=O) groups excluding carboxylic acids is 1. The molecule has 0 fully saturated rings. The summed E-state index contributed by atoms with van der Waals surface area (Å²) >= 11 is 0.